The molecule has 0 fully saturated rings. The molecule has 0 aliphatic rings. The SMILES string of the molecule is Cc1oncc1C(=O)NCc1nc(-c2ccc[nH]c2=O)no1. The average Bonchev–Trinajstić information content (AvgIpc) is 3.14. The van der Waals surface area contributed by atoms with Crippen molar-refractivity contribution >= 4 is 5.91 Å². The summed E-state index contributed by atoms with van der Waals surface area (Å²) in [6.45, 7) is 1.66. The minimum absolute atomic E-state index is 0.0290. The van der Waals surface area contributed by atoms with Gasteiger partial charge in [-0.25, -0.2) is 0 Å². The second-order valence-electron chi connectivity index (χ2n) is 4.40. The molecule has 1 amide bonds. The number of carbonyl (C=O) groups excluding carboxylic acids is 1. The molecule has 3 aromatic rings. The second-order valence-corrected chi connectivity index (χ2v) is 4.40. The van der Waals surface area contributed by atoms with Crippen LogP contribution in [-0.2, 0) is 6.54 Å². The van der Waals surface area contributed by atoms with Gasteiger partial charge in [-0.15, -0.1) is 0 Å². The Morgan fingerprint density at radius 3 is 3.00 bits per heavy atom. The number of hydrogen-bond acceptors (Lipinski definition) is 7. The average molecular weight is 301 g/mol. The first-order chi connectivity index (χ1) is 10.6. The van der Waals surface area contributed by atoms with E-state index in [-0.39, 0.29) is 29.7 Å². The van der Waals surface area contributed by atoms with Crippen molar-refractivity contribution in [3.8, 4) is 11.4 Å². The van der Waals surface area contributed by atoms with E-state index < -0.39 is 0 Å². The molecular weight excluding hydrogens is 290 g/mol. The summed E-state index contributed by atoms with van der Waals surface area (Å²) in [5, 5.41) is 9.84. The number of rotatable bonds is 4. The Hall–Kier alpha value is -3.23. The standard InChI is InChI=1S/C13H11N5O4/c1-7-9(5-16-21-7)13(20)15-6-10-17-11(18-22-10)8-3-2-4-14-12(8)19/h2-5H,6H2,1H3,(H,14,19)(H,15,20). The fourth-order valence-corrected chi connectivity index (χ4v) is 1.80. The molecule has 0 aliphatic heterocycles. The van der Waals surface area contributed by atoms with Crippen LogP contribution in [0.25, 0.3) is 11.4 Å². The van der Waals surface area contributed by atoms with Crippen LogP contribution in [0.3, 0.4) is 0 Å². The highest BCUT2D eigenvalue weighted by Gasteiger charge is 2.15. The lowest BCUT2D eigenvalue weighted by Gasteiger charge is -1.99. The van der Waals surface area contributed by atoms with E-state index in [1.807, 2.05) is 0 Å². The van der Waals surface area contributed by atoms with Crippen LogP contribution in [0.1, 0.15) is 22.0 Å². The van der Waals surface area contributed by atoms with Crippen LogP contribution < -0.4 is 10.9 Å². The number of nitrogens with zero attached hydrogens (tertiary/aromatic N) is 3. The van der Waals surface area contributed by atoms with E-state index in [9.17, 15) is 9.59 Å². The number of amides is 1. The van der Waals surface area contributed by atoms with E-state index in [0.717, 1.165) is 0 Å². The lowest BCUT2D eigenvalue weighted by molar-refractivity contribution is 0.0944. The molecule has 22 heavy (non-hydrogen) atoms. The Labute approximate surface area is 123 Å². The van der Waals surface area contributed by atoms with Gasteiger partial charge in [0, 0.05) is 6.20 Å². The van der Waals surface area contributed by atoms with Crippen molar-refractivity contribution in [3.63, 3.8) is 0 Å². The van der Waals surface area contributed by atoms with Gasteiger partial charge in [0.15, 0.2) is 0 Å². The van der Waals surface area contributed by atoms with E-state index in [0.29, 0.717) is 16.9 Å². The molecule has 112 valence electrons. The molecule has 9 nitrogen and oxygen atoms in total. The van der Waals surface area contributed by atoms with Crippen LogP contribution >= 0.6 is 0 Å². The zero-order valence-electron chi connectivity index (χ0n) is 11.5. The lowest BCUT2D eigenvalue weighted by atomic mass is 10.2. The zero-order chi connectivity index (χ0) is 15.5. The number of aromatic nitrogens is 4. The van der Waals surface area contributed by atoms with Crippen molar-refractivity contribution in [2.45, 2.75) is 13.5 Å². The van der Waals surface area contributed by atoms with Crippen molar-refractivity contribution in [3.05, 3.63) is 52.1 Å². The maximum atomic E-state index is 11.9. The zero-order valence-corrected chi connectivity index (χ0v) is 11.5. The summed E-state index contributed by atoms with van der Waals surface area (Å²) >= 11 is 0. The Morgan fingerprint density at radius 1 is 1.41 bits per heavy atom. The summed E-state index contributed by atoms with van der Waals surface area (Å²) in [6, 6.07) is 3.23. The van der Waals surface area contributed by atoms with Gasteiger partial charge in [-0.3, -0.25) is 9.59 Å². The van der Waals surface area contributed by atoms with Crippen molar-refractivity contribution < 1.29 is 13.8 Å². The fraction of sp³-hybridized carbons (Fsp3) is 0.154. The molecule has 3 aromatic heterocycles. The number of nitrogens with one attached hydrogen (secondary N) is 2. The largest absolute Gasteiger partial charge is 0.361 e. The Bertz CT molecular complexity index is 863. The van der Waals surface area contributed by atoms with Crippen LogP contribution in [-0.4, -0.2) is 26.2 Å². The van der Waals surface area contributed by atoms with E-state index >= 15 is 0 Å². The smallest absolute Gasteiger partial charge is 0.259 e. The van der Waals surface area contributed by atoms with E-state index in [2.05, 4.69) is 25.6 Å². The first kappa shape index (κ1) is 13.7. The van der Waals surface area contributed by atoms with Gasteiger partial charge in [0.2, 0.25) is 11.7 Å². The predicted octanol–water partition coefficient (Wildman–Crippen LogP) is 0.651. The number of aromatic amines is 1. The predicted molar refractivity (Wildman–Crippen MR) is 72.8 cm³/mol. The number of carbonyl (C=O) groups is 1. The molecule has 0 spiro atoms. The van der Waals surface area contributed by atoms with Gasteiger partial charge in [-0.05, 0) is 19.1 Å². The molecule has 2 N–H and O–H groups in total. The van der Waals surface area contributed by atoms with Crippen LogP contribution in [0.5, 0.6) is 0 Å². The second kappa shape index (κ2) is 5.64. The number of hydrogen-bond donors (Lipinski definition) is 2. The van der Waals surface area contributed by atoms with Crippen molar-refractivity contribution in [1.29, 1.82) is 0 Å². The monoisotopic (exact) mass is 301 g/mol. The topological polar surface area (TPSA) is 127 Å². The number of aryl methyl sites for hydroxylation is 1. The molecule has 0 atom stereocenters. The fourth-order valence-electron chi connectivity index (χ4n) is 1.80. The van der Waals surface area contributed by atoms with Gasteiger partial charge in [0.25, 0.3) is 11.5 Å². The molecule has 0 radical (unpaired) electrons. The summed E-state index contributed by atoms with van der Waals surface area (Å²) in [5.41, 5.74) is 0.303. The van der Waals surface area contributed by atoms with Crippen molar-refractivity contribution in [2.75, 3.05) is 0 Å². The van der Waals surface area contributed by atoms with Gasteiger partial charge in [-0.1, -0.05) is 10.3 Å². The third-order valence-electron chi connectivity index (χ3n) is 2.92. The molecule has 3 rings (SSSR count). The molecule has 3 heterocycles. The van der Waals surface area contributed by atoms with E-state index in [4.69, 9.17) is 9.05 Å². The molecule has 0 saturated heterocycles. The molecule has 9 heteroatoms. The molecule has 0 bridgehead atoms. The minimum Gasteiger partial charge on any atom is -0.361 e. The summed E-state index contributed by atoms with van der Waals surface area (Å²) < 4.78 is 9.82. The molecule has 0 unspecified atom stereocenters. The van der Waals surface area contributed by atoms with Gasteiger partial charge in [0.1, 0.15) is 11.3 Å². The molecular formula is C13H11N5O4. The summed E-state index contributed by atoms with van der Waals surface area (Å²) in [7, 11) is 0. The first-order valence-corrected chi connectivity index (χ1v) is 6.35. The quantitative estimate of drug-likeness (QED) is 0.724. The van der Waals surface area contributed by atoms with Crippen LogP contribution in [0, 0.1) is 6.92 Å². The summed E-state index contributed by atoms with van der Waals surface area (Å²) in [4.78, 5) is 30.1. The maximum Gasteiger partial charge on any atom is 0.259 e. The van der Waals surface area contributed by atoms with Gasteiger partial charge in [-0.2, -0.15) is 4.98 Å². The Kier molecular flexibility index (Phi) is 3.52. The molecule has 0 saturated carbocycles. The van der Waals surface area contributed by atoms with Crippen molar-refractivity contribution in [1.82, 2.24) is 25.6 Å². The van der Waals surface area contributed by atoms with Crippen LogP contribution in [0.4, 0.5) is 0 Å². The third-order valence-corrected chi connectivity index (χ3v) is 2.92. The molecule has 0 aliphatic carbocycles. The van der Waals surface area contributed by atoms with Crippen LogP contribution in [0.2, 0.25) is 0 Å². The highest BCUT2D eigenvalue weighted by atomic mass is 16.5. The first-order valence-electron chi connectivity index (χ1n) is 6.35. The van der Waals surface area contributed by atoms with Gasteiger partial charge < -0.3 is 19.3 Å². The molecule has 0 aromatic carbocycles. The summed E-state index contributed by atoms with van der Waals surface area (Å²) in [5.74, 6) is 0.392. The summed E-state index contributed by atoms with van der Waals surface area (Å²) in [6.07, 6.45) is 2.84. The Morgan fingerprint density at radius 2 is 2.27 bits per heavy atom. The normalized spacial score (nSPS) is 10.6. The third kappa shape index (κ3) is 2.64. The maximum absolute atomic E-state index is 11.9. The highest BCUT2D eigenvalue weighted by molar-refractivity contribution is 5.94. The van der Waals surface area contributed by atoms with Crippen molar-refractivity contribution in [2.24, 2.45) is 0 Å². The van der Waals surface area contributed by atoms with Crippen LogP contribution in [0.15, 0.2) is 38.4 Å². The van der Waals surface area contributed by atoms with E-state index in [1.54, 1.807) is 19.1 Å². The Balaban J connectivity index is 1.70. The lowest BCUT2D eigenvalue weighted by Crippen LogP contribution is -2.23. The highest BCUT2D eigenvalue weighted by Crippen LogP contribution is 2.10. The van der Waals surface area contributed by atoms with E-state index in [1.165, 1.54) is 12.4 Å². The number of H-pyrrole nitrogens is 1. The number of pyridine rings is 1. The van der Waals surface area contributed by atoms with Gasteiger partial charge >= 0.3 is 0 Å². The minimum atomic E-state index is -0.365. The van der Waals surface area contributed by atoms with Gasteiger partial charge in [0.05, 0.1) is 18.3 Å².